The molecule has 136 valence electrons. The normalized spacial score (nSPS) is 14.3. The maximum absolute atomic E-state index is 12.3. The van der Waals surface area contributed by atoms with Gasteiger partial charge in [0.2, 0.25) is 0 Å². The Bertz CT molecular complexity index is 965. The quantitative estimate of drug-likeness (QED) is 0.658. The summed E-state index contributed by atoms with van der Waals surface area (Å²) in [5.41, 5.74) is 1.88. The van der Waals surface area contributed by atoms with Crippen LogP contribution >= 0.6 is 0 Å². The van der Waals surface area contributed by atoms with Crippen LogP contribution in [0.25, 0.3) is 21.9 Å². The van der Waals surface area contributed by atoms with Gasteiger partial charge in [0.05, 0.1) is 0 Å². The number of carbonyl (C=O) groups excluding carboxylic acids is 1. The molecule has 0 spiro atoms. The molecule has 1 N–H and O–H groups in total. The summed E-state index contributed by atoms with van der Waals surface area (Å²) in [5.74, 6) is -2.04. The van der Waals surface area contributed by atoms with E-state index in [1.54, 1.807) is 18.2 Å². The molecule has 1 heterocycles. The highest BCUT2D eigenvalue weighted by Gasteiger charge is 2.39. The Morgan fingerprint density at radius 2 is 1.85 bits per heavy atom. The lowest BCUT2D eigenvalue weighted by Crippen LogP contribution is -2.42. The van der Waals surface area contributed by atoms with E-state index in [-0.39, 0.29) is 6.42 Å². The van der Waals surface area contributed by atoms with E-state index in [9.17, 15) is 22.9 Å². The molecule has 0 saturated carbocycles. The van der Waals surface area contributed by atoms with Crippen molar-refractivity contribution < 1.29 is 22.4 Å². The topological polar surface area (TPSA) is 71.7 Å². The second kappa shape index (κ2) is 6.78. The number of benzene rings is 2. The minimum atomic E-state index is -4.97. The van der Waals surface area contributed by atoms with Crippen LogP contribution in [0.15, 0.2) is 52.1 Å². The molecule has 3 aromatic rings. The monoisotopic (exact) mass is 364 g/mol. The van der Waals surface area contributed by atoms with E-state index in [0.29, 0.717) is 16.7 Å². The van der Waals surface area contributed by atoms with E-state index in [1.807, 2.05) is 29.6 Å². The molecule has 2 atom stereocenters. The van der Waals surface area contributed by atoms with E-state index in [2.05, 4.69) is 5.18 Å². The van der Waals surface area contributed by atoms with E-state index in [4.69, 9.17) is 4.42 Å². The summed E-state index contributed by atoms with van der Waals surface area (Å²) in [6, 6.07) is 10.7. The van der Waals surface area contributed by atoms with Gasteiger partial charge in [-0.15, -0.1) is 0 Å². The molecular formula is C18H15F3N2O3. The van der Waals surface area contributed by atoms with Gasteiger partial charge in [-0.3, -0.25) is 4.79 Å². The summed E-state index contributed by atoms with van der Waals surface area (Å²) in [5, 5.41) is 6.52. The first kappa shape index (κ1) is 17.9. The first-order valence-electron chi connectivity index (χ1n) is 7.91. The molecule has 0 aliphatic carbocycles. The highest BCUT2D eigenvalue weighted by molar-refractivity contribution is 6.05. The first-order valence-corrected chi connectivity index (χ1v) is 7.91. The van der Waals surface area contributed by atoms with Crippen LogP contribution in [0.3, 0.4) is 0 Å². The van der Waals surface area contributed by atoms with E-state index < -0.39 is 24.2 Å². The van der Waals surface area contributed by atoms with Crippen molar-refractivity contribution in [3.63, 3.8) is 0 Å². The number of fused-ring (bicyclic) bond motifs is 3. The molecule has 2 unspecified atom stereocenters. The lowest BCUT2D eigenvalue weighted by Gasteiger charge is -2.18. The van der Waals surface area contributed by atoms with Gasteiger partial charge in [0.15, 0.2) is 0 Å². The number of rotatable bonds is 5. The second-order valence-electron chi connectivity index (χ2n) is 6.08. The third-order valence-corrected chi connectivity index (χ3v) is 4.12. The second-order valence-corrected chi connectivity index (χ2v) is 6.08. The van der Waals surface area contributed by atoms with Crippen LogP contribution in [0.4, 0.5) is 13.2 Å². The highest BCUT2D eigenvalue weighted by Crippen LogP contribution is 2.32. The number of para-hydroxylation sites is 1. The van der Waals surface area contributed by atoms with Gasteiger partial charge >= 0.3 is 12.1 Å². The standard InChI is InChI=1S/C18H15F3N2O3/c1-10(22-17(24)18(19,20)21)8-14(23-25)11-6-7-16-13(9-11)12-4-2-3-5-15(12)26-16/h2-7,9-10,14H,8H2,1H3,(H,22,24). The molecule has 0 bridgehead atoms. The summed E-state index contributed by atoms with van der Waals surface area (Å²) in [6.07, 6.45) is -5.01. The fourth-order valence-corrected chi connectivity index (χ4v) is 2.89. The van der Waals surface area contributed by atoms with E-state index in [0.717, 1.165) is 10.8 Å². The summed E-state index contributed by atoms with van der Waals surface area (Å²) in [6.45, 7) is 1.40. The third-order valence-electron chi connectivity index (χ3n) is 4.12. The van der Waals surface area contributed by atoms with Crippen molar-refractivity contribution in [2.24, 2.45) is 5.18 Å². The van der Waals surface area contributed by atoms with Gasteiger partial charge in [-0.2, -0.15) is 18.1 Å². The summed E-state index contributed by atoms with van der Waals surface area (Å²) >= 11 is 0. The Kier molecular flexibility index (Phi) is 4.67. The van der Waals surface area contributed by atoms with Crippen molar-refractivity contribution in [3.05, 3.63) is 52.9 Å². The Balaban J connectivity index is 1.84. The molecule has 2 aromatic carbocycles. The fourth-order valence-electron chi connectivity index (χ4n) is 2.89. The summed E-state index contributed by atoms with van der Waals surface area (Å²) in [4.78, 5) is 22.3. The van der Waals surface area contributed by atoms with Crippen molar-refractivity contribution in [1.29, 1.82) is 0 Å². The molecule has 0 fully saturated rings. The number of nitrogens with zero attached hydrogens (tertiary/aromatic N) is 1. The van der Waals surface area contributed by atoms with Gasteiger partial charge in [-0.05, 0) is 37.1 Å². The SMILES string of the molecule is CC(CC(N=O)c1ccc2oc3ccccc3c2c1)NC(=O)C(F)(F)F. The first-order chi connectivity index (χ1) is 12.3. The number of furan rings is 1. The van der Waals surface area contributed by atoms with Crippen LogP contribution in [-0.2, 0) is 4.79 Å². The number of carbonyl (C=O) groups is 1. The van der Waals surface area contributed by atoms with Crippen LogP contribution in [0.5, 0.6) is 0 Å². The van der Waals surface area contributed by atoms with Crippen molar-refractivity contribution in [2.45, 2.75) is 31.6 Å². The number of amides is 1. The van der Waals surface area contributed by atoms with Crippen LogP contribution in [0.2, 0.25) is 0 Å². The van der Waals surface area contributed by atoms with Crippen LogP contribution in [0, 0.1) is 4.91 Å². The molecule has 5 nitrogen and oxygen atoms in total. The van der Waals surface area contributed by atoms with Crippen molar-refractivity contribution in [1.82, 2.24) is 5.32 Å². The zero-order chi connectivity index (χ0) is 18.9. The average Bonchev–Trinajstić information content (AvgIpc) is 2.96. The van der Waals surface area contributed by atoms with Crippen LogP contribution in [-0.4, -0.2) is 18.1 Å². The number of nitrogens with one attached hydrogen (secondary N) is 1. The Morgan fingerprint density at radius 1 is 1.15 bits per heavy atom. The molecule has 8 heteroatoms. The summed E-state index contributed by atoms with van der Waals surface area (Å²) in [7, 11) is 0. The Labute approximate surface area is 146 Å². The molecule has 0 radical (unpaired) electrons. The van der Waals surface area contributed by atoms with Crippen LogP contribution < -0.4 is 5.32 Å². The van der Waals surface area contributed by atoms with E-state index >= 15 is 0 Å². The molecular weight excluding hydrogens is 349 g/mol. The van der Waals surface area contributed by atoms with Gasteiger partial charge in [0.1, 0.15) is 17.2 Å². The fraction of sp³-hybridized carbons (Fsp3) is 0.278. The third kappa shape index (κ3) is 3.54. The predicted molar refractivity (Wildman–Crippen MR) is 90.5 cm³/mol. The van der Waals surface area contributed by atoms with E-state index in [1.165, 1.54) is 6.92 Å². The van der Waals surface area contributed by atoms with Gasteiger partial charge in [-0.1, -0.05) is 29.4 Å². The number of halogens is 3. The molecule has 0 aliphatic heterocycles. The number of alkyl halides is 3. The predicted octanol–water partition coefficient (Wildman–Crippen LogP) is 4.85. The summed E-state index contributed by atoms with van der Waals surface area (Å²) < 4.78 is 42.7. The maximum atomic E-state index is 12.3. The number of hydrogen-bond acceptors (Lipinski definition) is 4. The van der Waals surface area contributed by atoms with Gasteiger partial charge in [0, 0.05) is 16.8 Å². The molecule has 1 aromatic heterocycles. The average molecular weight is 364 g/mol. The Morgan fingerprint density at radius 3 is 2.54 bits per heavy atom. The molecule has 0 saturated heterocycles. The van der Waals surface area contributed by atoms with Crippen LogP contribution in [0.1, 0.15) is 24.9 Å². The zero-order valence-electron chi connectivity index (χ0n) is 13.7. The molecule has 0 aliphatic rings. The number of hydrogen-bond donors (Lipinski definition) is 1. The minimum Gasteiger partial charge on any atom is -0.456 e. The van der Waals surface area contributed by atoms with Crippen molar-refractivity contribution in [2.75, 3.05) is 0 Å². The number of nitroso groups, excluding NO2 is 1. The maximum Gasteiger partial charge on any atom is 0.471 e. The minimum absolute atomic E-state index is 0.0490. The largest absolute Gasteiger partial charge is 0.471 e. The lowest BCUT2D eigenvalue weighted by atomic mass is 9.99. The highest BCUT2D eigenvalue weighted by atomic mass is 19.4. The van der Waals surface area contributed by atoms with Crippen molar-refractivity contribution >= 4 is 27.8 Å². The smallest absolute Gasteiger partial charge is 0.456 e. The van der Waals surface area contributed by atoms with Gasteiger partial charge in [-0.25, -0.2) is 0 Å². The molecule has 1 amide bonds. The Hall–Kier alpha value is -2.90. The van der Waals surface area contributed by atoms with Gasteiger partial charge < -0.3 is 9.73 Å². The van der Waals surface area contributed by atoms with Gasteiger partial charge in [0.25, 0.3) is 0 Å². The zero-order valence-corrected chi connectivity index (χ0v) is 13.7. The lowest BCUT2D eigenvalue weighted by molar-refractivity contribution is -0.174. The van der Waals surface area contributed by atoms with Crippen molar-refractivity contribution in [3.8, 4) is 0 Å². The molecule has 26 heavy (non-hydrogen) atoms. The molecule has 3 rings (SSSR count).